The Morgan fingerprint density at radius 1 is 1.19 bits per heavy atom. The van der Waals surface area contributed by atoms with Gasteiger partial charge in [-0.3, -0.25) is 9.69 Å². The highest BCUT2D eigenvalue weighted by Crippen LogP contribution is 2.49. The smallest absolute Gasteiger partial charge is 0.252 e. The molecule has 4 heteroatoms. The van der Waals surface area contributed by atoms with Crippen molar-refractivity contribution in [3.05, 3.63) is 48.6 Å². The summed E-state index contributed by atoms with van der Waals surface area (Å²) in [6.07, 6.45) is 8.17. The van der Waals surface area contributed by atoms with Crippen LogP contribution in [0.25, 0.3) is 0 Å². The summed E-state index contributed by atoms with van der Waals surface area (Å²) in [5.74, 6) is 1.11. The van der Waals surface area contributed by atoms with Crippen LogP contribution in [0.15, 0.2) is 48.6 Å². The lowest BCUT2D eigenvalue weighted by atomic mass is 9.98. The van der Waals surface area contributed by atoms with Crippen LogP contribution in [0.1, 0.15) is 13.8 Å². The molecule has 0 saturated carbocycles. The van der Waals surface area contributed by atoms with Gasteiger partial charge in [0.1, 0.15) is 10.6 Å². The SMILES string of the molecule is COc1ccc(N2C(=O)C=C[C@]23S[C@@H](C)C=CC3C)cc1. The minimum absolute atomic E-state index is 0.0435. The van der Waals surface area contributed by atoms with Gasteiger partial charge in [0.15, 0.2) is 0 Å². The lowest BCUT2D eigenvalue weighted by Crippen LogP contribution is -2.50. The Labute approximate surface area is 129 Å². The van der Waals surface area contributed by atoms with Crippen molar-refractivity contribution in [2.45, 2.75) is 24.0 Å². The second-order valence-electron chi connectivity index (χ2n) is 5.45. The Kier molecular flexibility index (Phi) is 3.57. The average molecular weight is 301 g/mol. The molecule has 0 fully saturated rings. The summed E-state index contributed by atoms with van der Waals surface area (Å²) in [4.78, 5) is 14.0. The molecular formula is C17H19NO2S. The highest BCUT2D eigenvalue weighted by Gasteiger charge is 2.48. The van der Waals surface area contributed by atoms with Gasteiger partial charge in [-0.05, 0) is 37.3 Å². The fourth-order valence-corrected chi connectivity index (χ4v) is 4.43. The monoisotopic (exact) mass is 301 g/mol. The van der Waals surface area contributed by atoms with Gasteiger partial charge in [-0.2, -0.15) is 0 Å². The number of carbonyl (C=O) groups excluding carboxylic acids is 1. The Morgan fingerprint density at radius 2 is 1.90 bits per heavy atom. The van der Waals surface area contributed by atoms with E-state index in [1.165, 1.54) is 0 Å². The van der Waals surface area contributed by atoms with Crippen molar-refractivity contribution in [3.8, 4) is 5.75 Å². The quantitative estimate of drug-likeness (QED) is 0.781. The molecule has 110 valence electrons. The number of rotatable bonds is 2. The molecule has 21 heavy (non-hydrogen) atoms. The van der Waals surface area contributed by atoms with Crippen LogP contribution in [-0.2, 0) is 4.79 Å². The van der Waals surface area contributed by atoms with Crippen molar-refractivity contribution >= 4 is 23.4 Å². The third-order valence-electron chi connectivity index (χ3n) is 4.06. The van der Waals surface area contributed by atoms with Gasteiger partial charge in [-0.25, -0.2) is 0 Å². The summed E-state index contributed by atoms with van der Waals surface area (Å²) in [6, 6.07) is 7.68. The van der Waals surface area contributed by atoms with Crippen molar-refractivity contribution in [3.63, 3.8) is 0 Å². The van der Waals surface area contributed by atoms with E-state index in [1.807, 2.05) is 40.9 Å². The van der Waals surface area contributed by atoms with E-state index in [-0.39, 0.29) is 16.7 Å². The second kappa shape index (κ2) is 5.26. The van der Waals surface area contributed by atoms with E-state index < -0.39 is 0 Å². The predicted octanol–water partition coefficient (Wildman–Crippen LogP) is 3.62. The first kappa shape index (κ1) is 14.3. The highest BCUT2D eigenvalue weighted by molar-refractivity contribution is 8.01. The first-order chi connectivity index (χ1) is 10.1. The summed E-state index contributed by atoms with van der Waals surface area (Å²) in [5, 5.41) is 0.387. The van der Waals surface area contributed by atoms with Crippen LogP contribution in [0.5, 0.6) is 5.75 Å². The van der Waals surface area contributed by atoms with Gasteiger partial charge >= 0.3 is 0 Å². The number of carbonyl (C=O) groups is 1. The van der Waals surface area contributed by atoms with Gasteiger partial charge in [0.25, 0.3) is 5.91 Å². The zero-order chi connectivity index (χ0) is 15.0. The van der Waals surface area contributed by atoms with E-state index in [0.29, 0.717) is 5.25 Å². The van der Waals surface area contributed by atoms with Crippen LogP contribution >= 0.6 is 11.8 Å². The van der Waals surface area contributed by atoms with Gasteiger partial charge < -0.3 is 4.74 Å². The zero-order valence-electron chi connectivity index (χ0n) is 12.4. The molecule has 0 bridgehead atoms. The van der Waals surface area contributed by atoms with Crippen molar-refractivity contribution < 1.29 is 9.53 Å². The van der Waals surface area contributed by atoms with Crippen LogP contribution in [0.4, 0.5) is 5.69 Å². The van der Waals surface area contributed by atoms with Gasteiger partial charge in [-0.1, -0.05) is 19.1 Å². The molecule has 0 aliphatic carbocycles. The molecule has 3 atom stereocenters. The Hall–Kier alpha value is -1.68. The van der Waals surface area contributed by atoms with Crippen LogP contribution in [0, 0.1) is 5.92 Å². The molecule has 1 spiro atoms. The number of ether oxygens (including phenoxy) is 1. The van der Waals surface area contributed by atoms with Crippen LogP contribution < -0.4 is 9.64 Å². The minimum atomic E-state index is -0.320. The lowest BCUT2D eigenvalue weighted by Gasteiger charge is -2.44. The number of thioether (sulfide) groups is 1. The molecular weight excluding hydrogens is 282 g/mol. The average Bonchev–Trinajstić information content (AvgIpc) is 2.81. The van der Waals surface area contributed by atoms with Crippen LogP contribution in [-0.4, -0.2) is 23.1 Å². The molecule has 0 N–H and O–H groups in total. The number of methoxy groups -OCH3 is 1. The lowest BCUT2D eigenvalue weighted by molar-refractivity contribution is -0.114. The van der Waals surface area contributed by atoms with Gasteiger partial charge in [0, 0.05) is 22.9 Å². The molecule has 0 saturated heterocycles. The van der Waals surface area contributed by atoms with Crippen LogP contribution in [0.3, 0.4) is 0 Å². The molecule has 3 rings (SSSR count). The molecule has 2 aliphatic rings. The number of amides is 1. The molecule has 3 nitrogen and oxygen atoms in total. The minimum Gasteiger partial charge on any atom is -0.497 e. The second-order valence-corrected chi connectivity index (χ2v) is 7.09. The van der Waals surface area contributed by atoms with Gasteiger partial charge in [-0.15, -0.1) is 11.8 Å². The molecule has 1 amide bonds. The summed E-state index contributed by atoms with van der Waals surface area (Å²) in [6.45, 7) is 4.33. The molecule has 0 aromatic heterocycles. The van der Waals surface area contributed by atoms with Gasteiger partial charge in [0.05, 0.1) is 7.11 Å². The Morgan fingerprint density at radius 3 is 2.57 bits per heavy atom. The predicted molar refractivity (Wildman–Crippen MR) is 87.7 cm³/mol. The zero-order valence-corrected chi connectivity index (χ0v) is 13.3. The number of benzene rings is 1. The van der Waals surface area contributed by atoms with Crippen LogP contribution in [0.2, 0.25) is 0 Å². The summed E-state index contributed by atoms with van der Waals surface area (Å²) < 4.78 is 5.20. The normalized spacial score (nSPS) is 31.2. The molecule has 2 aliphatic heterocycles. The number of hydrogen-bond acceptors (Lipinski definition) is 3. The van der Waals surface area contributed by atoms with E-state index in [9.17, 15) is 4.79 Å². The molecule has 1 unspecified atom stereocenters. The molecule has 2 heterocycles. The summed E-state index contributed by atoms with van der Waals surface area (Å²) in [5.41, 5.74) is 0.910. The van der Waals surface area contributed by atoms with E-state index >= 15 is 0 Å². The fraction of sp³-hybridized carbons (Fsp3) is 0.353. The summed E-state index contributed by atoms with van der Waals surface area (Å²) in [7, 11) is 1.64. The molecule has 1 aromatic rings. The number of anilines is 1. The van der Waals surface area contributed by atoms with Crippen molar-refractivity contribution in [1.29, 1.82) is 0 Å². The first-order valence-corrected chi connectivity index (χ1v) is 7.98. The van der Waals surface area contributed by atoms with E-state index in [2.05, 4.69) is 32.1 Å². The Balaban J connectivity index is 2.02. The van der Waals surface area contributed by atoms with Crippen molar-refractivity contribution in [2.24, 2.45) is 5.92 Å². The van der Waals surface area contributed by atoms with E-state index in [0.717, 1.165) is 11.4 Å². The molecule has 0 radical (unpaired) electrons. The standard InChI is InChI=1S/C17H19NO2S/c1-12-4-5-13(2)21-17(12)11-10-16(19)18(17)14-6-8-15(20-3)9-7-14/h4-13H,1-3H3/t12?,13-,17+/m0/s1. The van der Waals surface area contributed by atoms with E-state index in [1.54, 1.807) is 13.2 Å². The topological polar surface area (TPSA) is 29.5 Å². The first-order valence-electron chi connectivity index (χ1n) is 7.10. The maximum atomic E-state index is 12.4. The molecule has 1 aromatic carbocycles. The van der Waals surface area contributed by atoms with Crippen molar-refractivity contribution in [2.75, 3.05) is 12.0 Å². The largest absolute Gasteiger partial charge is 0.497 e. The third kappa shape index (κ3) is 2.27. The number of hydrogen-bond donors (Lipinski definition) is 0. The summed E-state index contributed by atoms with van der Waals surface area (Å²) >= 11 is 1.82. The van der Waals surface area contributed by atoms with Crippen molar-refractivity contribution in [1.82, 2.24) is 0 Å². The highest BCUT2D eigenvalue weighted by atomic mass is 32.2. The number of nitrogens with zero attached hydrogens (tertiary/aromatic N) is 1. The van der Waals surface area contributed by atoms with Gasteiger partial charge in [0.2, 0.25) is 0 Å². The maximum Gasteiger partial charge on any atom is 0.252 e. The fourth-order valence-electron chi connectivity index (χ4n) is 2.93. The van der Waals surface area contributed by atoms with E-state index in [4.69, 9.17) is 4.74 Å². The maximum absolute atomic E-state index is 12.4. The Bertz CT molecular complexity index is 608. The third-order valence-corrected chi connectivity index (χ3v) is 5.66.